The lowest BCUT2D eigenvalue weighted by Gasteiger charge is -2.09. The molecule has 0 amide bonds. The van der Waals surface area contributed by atoms with Gasteiger partial charge in [-0.15, -0.1) is 0 Å². The second kappa shape index (κ2) is 8.11. The van der Waals surface area contributed by atoms with E-state index in [4.69, 9.17) is 8.92 Å². The van der Waals surface area contributed by atoms with Gasteiger partial charge in [-0.05, 0) is 36.4 Å². The molecule has 29 heavy (non-hydrogen) atoms. The maximum absolute atomic E-state index is 12.5. The van der Waals surface area contributed by atoms with Gasteiger partial charge in [0.25, 0.3) is 0 Å². The molecule has 0 atom stereocenters. The van der Waals surface area contributed by atoms with Gasteiger partial charge in [0.05, 0.1) is 12.0 Å². The molecule has 0 aromatic heterocycles. The van der Waals surface area contributed by atoms with Gasteiger partial charge in [0, 0.05) is 17.2 Å². The fraction of sp³-hybridized carbons (Fsp3) is 0.0500. The average molecular weight is 413 g/mol. The molecule has 9 heteroatoms. The Morgan fingerprint density at radius 2 is 1.55 bits per heavy atom. The predicted octanol–water partition coefficient (Wildman–Crippen LogP) is 3.60. The summed E-state index contributed by atoms with van der Waals surface area (Å²) in [7, 11) is -3.08. The number of nitro groups is 1. The predicted molar refractivity (Wildman–Crippen MR) is 104 cm³/mol. The van der Waals surface area contributed by atoms with Crippen LogP contribution in [0.2, 0.25) is 0 Å². The van der Waals surface area contributed by atoms with Gasteiger partial charge >= 0.3 is 15.8 Å². The summed E-state index contributed by atoms with van der Waals surface area (Å²) in [6, 6.07) is 17.4. The van der Waals surface area contributed by atoms with E-state index in [0.717, 1.165) is 12.1 Å². The number of nitrogens with zero attached hydrogens (tertiary/aromatic N) is 1. The highest BCUT2D eigenvalue weighted by atomic mass is 32.2. The van der Waals surface area contributed by atoms with E-state index in [-0.39, 0.29) is 17.3 Å². The Balaban J connectivity index is 1.83. The summed E-state index contributed by atoms with van der Waals surface area (Å²) in [5, 5.41) is 11.1. The first-order valence-electron chi connectivity index (χ1n) is 8.28. The first-order chi connectivity index (χ1) is 13.8. The Morgan fingerprint density at radius 1 is 0.931 bits per heavy atom. The smallest absolute Gasteiger partial charge is 0.339 e. The number of hydrogen-bond donors (Lipinski definition) is 0. The van der Waals surface area contributed by atoms with Crippen molar-refractivity contribution in [3.05, 3.63) is 94.0 Å². The van der Waals surface area contributed by atoms with Crippen LogP contribution in [0.1, 0.15) is 15.9 Å². The van der Waals surface area contributed by atoms with Crippen LogP contribution in [-0.2, 0) is 10.1 Å². The van der Waals surface area contributed by atoms with Crippen LogP contribution in [0.3, 0.4) is 0 Å². The monoisotopic (exact) mass is 413 g/mol. The number of benzene rings is 3. The van der Waals surface area contributed by atoms with Gasteiger partial charge in [-0.3, -0.25) is 14.9 Å². The van der Waals surface area contributed by atoms with Crippen LogP contribution in [0, 0.1) is 10.1 Å². The molecule has 0 fully saturated rings. The topological polar surface area (TPSA) is 113 Å². The normalized spacial score (nSPS) is 10.9. The molecule has 8 nitrogen and oxygen atoms in total. The molecule has 0 unspecified atom stereocenters. The third-order valence-corrected chi connectivity index (χ3v) is 5.24. The fourth-order valence-corrected chi connectivity index (χ4v) is 3.51. The number of methoxy groups -OCH3 is 1. The highest BCUT2D eigenvalue weighted by Crippen LogP contribution is 2.30. The number of hydrogen-bond acceptors (Lipinski definition) is 7. The maximum Gasteiger partial charge on any atom is 0.339 e. The van der Waals surface area contributed by atoms with E-state index in [0.29, 0.717) is 11.1 Å². The van der Waals surface area contributed by atoms with Crippen LogP contribution in [0.4, 0.5) is 5.69 Å². The van der Waals surface area contributed by atoms with Crippen LogP contribution in [0.5, 0.6) is 11.5 Å². The van der Waals surface area contributed by atoms with E-state index in [9.17, 15) is 23.3 Å². The maximum atomic E-state index is 12.5. The van der Waals surface area contributed by atoms with Crippen molar-refractivity contribution >= 4 is 21.6 Å². The van der Waals surface area contributed by atoms with Gasteiger partial charge in [-0.25, -0.2) is 0 Å². The van der Waals surface area contributed by atoms with E-state index in [1.54, 1.807) is 30.3 Å². The van der Waals surface area contributed by atoms with Crippen molar-refractivity contribution in [2.24, 2.45) is 0 Å². The van der Waals surface area contributed by atoms with Crippen LogP contribution < -0.4 is 8.92 Å². The number of ether oxygens (including phenoxy) is 1. The van der Waals surface area contributed by atoms with Crippen molar-refractivity contribution in [3.8, 4) is 11.5 Å². The molecular weight excluding hydrogens is 398 g/mol. The quantitative estimate of drug-likeness (QED) is 0.252. The molecule has 0 aliphatic rings. The second-order valence-corrected chi connectivity index (χ2v) is 7.39. The summed E-state index contributed by atoms with van der Waals surface area (Å²) in [4.78, 5) is 22.3. The Labute approximate surface area is 166 Å². The van der Waals surface area contributed by atoms with Crippen molar-refractivity contribution in [3.63, 3.8) is 0 Å². The molecule has 3 rings (SSSR count). The number of ketones is 1. The van der Waals surface area contributed by atoms with E-state index >= 15 is 0 Å². The second-order valence-electron chi connectivity index (χ2n) is 5.85. The van der Waals surface area contributed by atoms with Crippen molar-refractivity contribution in [2.75, 3.05) is 7.11 Å². The standard InChI is InChI=1S/C20H15NO7S/c1-27-19-12-11-17(13-18(19)21(23)24)29(25,26)28-16-9-7-15(8-10-16)20(22)14-5-3-2-4-6-14/h2-13H,1H3. The van der Waals surface area contributed by atoms with E-state index in [1.165, 1.54) is 37.4 Å². The third-order valence-electron chi connectivity index (χ3n) is 3.99. The summed E-state index contributed by atoms with van der Waals surface area (Å²) in [5.41, 5.74) is 0.362. The van der Waals surface area contributed by atoms with E-state index < -0.39 is 25.6 Å². The minimum atomic E-state index is -4.32. The van der Waals surface area contributed by atoms with Gasteiger partial charge in [-0.1, -0.05) is 30.3 Å². The van der Waals surface area contributed by atoms with Gasteiger partial charge in [0.2, 0.25) is 0 Å². The molecule has 0 N–H and O–H groups in total. The largest absolute Gasteiger partial charge is 0.490 e. The molecule has 0 radical (unpaired) electrons. The molecule has 0 aliphatic heterocycles. The van der Waals surface area contributed by atoms with Crippen molar-refractivity contribution in [1.29, 1.82) is 0 Å². The Hall–Kier alpha value is -3.72. The first-order valence-corrected chi connectivity index (χ1v) is 9.69. The highest BCUT2D eigenvalue weighted by molar-refractivity contribution is 7.87. The summed E-state index contributed by atoms with van der Waals surface area (Å²) in [6.07, 6.45) is 0. The molecule has 0 bridgehead atoms. The van der Waals surface area contributed by atoms with Gasteiger partial charge in [-0.2, -0.15) is 8.42 Å². The van der Waals surface area contributed by atoms with Crippen molar-refractivity contribution in [1.82, 2.24) is 0 Å². The molecule has 0 heterocycles. The summed E-state index contributed by atoms with van der Waals surface area (Å²) in [5.74, 6) is -0.323. The van der Waals surface area contributed by atoms with E-state index in [1.807, 2.05) is 0 Å². The van der Waals surface area contributed by atoms with Gasteiger partial charge < -0.3 is 8.92 Å². The average Bonchev–Trinajstić information content (AvgIpc) is 2.73. The zero-order valence-corrected chi connectivity index (χ0v) is 16.0. The number of carbonyl (C=O) groups is 1. The minimum Gasteiger partial charge on any atom is -0.490 e. The first kappa shape index (κ1) is 20.0. The molecule has 3 aromatic rings. The third kappa shape index (κ3) is 4.41. The zero-order valence-electron chi connectivity index (χ0n) is 15.1. The number of rotatable bonds is 7. The molecule has 148 valence electrons. The Morgan fingerprint density at radius 3 is 2.14 bits per heavy atom. The zero-order chi connectivity index (χ0) is 21.0. The molecule has 0 spiro atoms. The molecular formula is C20H15NO7S. The molecule has 0 aliphatic carbocycles. The number of nitro benzene ring substituents is 1. The lowest BCUT2D eigenvalue weighted by Crippen LogP contribution is -2.10. The van der Waals surface area contributed by atoms with Crippen LogP contribution in [0.15, 0.2) is 77.7 Å². The number of carbonyl (C=O) groups excluding carboxylic acids is 1. The van der Waals surface area contributed by atoms with Crippen LogP contribution >= 0.6 is 0 Å². The molecule has 0 saturated heterocycles. The van der Waals surface area contributed by atoms with Gasteiger partial charge in [0.15, 0.2) is 11.5 Å². The van der Waals surface area contributed by atoms with Crippen LogP contribution in [-0.4, -0.2) is 26.2 Å². The van der Waals surface area contributed by atoms with Gasteiger partial charge in [0.1, 0.15) is 10.6 Å². The summed E-state index contributed by atoms with van der Waals surface area (Å²) < 4.78 is 34.8. The van der Waals surface area contributed by atoms with Crippen molar-refractivity contribution in [2.45, 2.75) is 4.90 Å². The highest BCUT2D eigenvalue weighted by Gasteiger charge is 2.23. The van der Waals surface area contributed by atoms with E-state index in [2.05, 4.69) is 0 Å². The summed E-state index contributed by atoms with van der Waals surface area (Å²) in [6.45, 7) is 0. The van der Waals surface area contributed by atoms with Crippen LogP contribution in [0.25, 0.3) is 0 Å². The van der Waals surface area contributed by atoms with Crippen molar-refractivity contribution < 1.29 is 27.1 Å². The minimum absolute atomic E-state index is 0.0342. The lowest BCUT2D eigenvalue weighted by molar-refractivity contribution is -0.386. The summed E-state index contributed by atoms with van der Waals surface area (Å²) >= 11 is 0. The lowest BCUT2D eigenvalue weighted by atomic mass is 10.0. The molecule has 3 aromatic carbocycles. The SMILES string of the molecule is COc1ccc(S(=O)(=O)Oc2ccc(C(=O)c3ccccc3)cc2)cc1[N+](=O)[O-]. The molecule has 0 saturated carbocycles. The fourth-order valence-electron chi connectivity index (χ4n) is 2.56. The Kier molecular flexibility index (Phi) is 5.60. The Bertz CT molecular complexity index is 1160.